The Bertz CT molecular complexity index is 672. The van der Waals surface area contributed by atoms with Gasteiger partial charge in [0.05, 0.1) is 12.6 Å². The van der Waals surface area contributed by atoms with E-state index in [1.54, 1.807) is 6.07 Å². The van der Waals surface area contributed by atoms with Crippen LogP contribution in [-0.2, 0) is 11.3 Å². The number of benzene rings is 1. The second-order valence-corrected chi connectivity index (χ2v) is 4.00. The zero-order valence-electron chi connectivity index (χ0n) is 10.1. The van der Waals surface area contributed by atoms with E-state index in [0.29, 0.717) is 11.3 Å². The zero-order valence-corrected chi connectivity index (χ0v) is 10.1. The number of carboxylic acids is 1. The van der Waals surface area contributed by atoms with Gasteiger partial charge in [0.1, 0.15) is 12.3 Å². The van der Waals surface area contributed by atoms with E-state index in [2.05, 4.69) is 0 Å². The van der Waals surface area contributed by atoms with E-state index in [1.165, 1.54) is 17.7 Å². The Hall–Kier alpha value is -2.30. The summed E-state index contributed by atoms with van der Waals surface area (Å²) in [5.41, 5.74) is 0.981. The number of fused-ring (bicyclic) bond motifs is 1. The van der Waals surface area contributed by atoms with Crippen molar-refractivity contribution < 1.29 is 14.6 Å². The highest BCUT2D eigenvalue weighted by Gasteiger charge is 2.12. The summed E-state index contributed by atoms with van der Waals surface area (Å²) in [5.74, 6) is -0.567. The summed E-state index contributed by atoms with van der Waals surface area (Å²) in [6.07, 6.45) is 0. The maximum absolute atomic E-state index is 11.9. The number of carboxylic acid groups (broad SMARTS) is 1. The fraction of sp³-hybridized carbons (Fsp3) is 0.231. The smallest absolute Gasteiger partial charge is 0.323 e. The topological polar surface area (TPSA) is 68.5 Å². The molecule has 0 aliphatic carbocycles. The molecule has 0 saturated heterocycles. The van der Waals surface area contributed by atoms with Crippen molar-refractivity contribution >= 4 is 16.9 Å². The van der Waals surface area contributed by atoms with Crippen LogP contribution >= 0.6 is 0 Å². The maximum atomic E-state index is 11.9. The summed E-state index contributed by atoms with van der Waals surface area (Å²) in [6, 6.07) is 6.79. The van der Waals surface area contributed by atoms with Crippen LogP contribution in [0.1, 0.15) is 5.56 Å². The number of hydrogen-bond donors (Lipinski definition) is 1. The highest BCUT2D eigenvalue weighted by atomic mass is 16.5. The van der Waals surface area contributed by atoms with Gasteiger partial charge in [-0.1, -0.05) is 12.1 Å². The Morgan fingerprint density at radius 2 is 2.17 bits per heavy atom. The molecule has 0 spiro atoms. The average Bonchev–Trinajstić information content (AvgIpc) is 2.33. The van der Waals surface area contributed by atoms with Gasteiger partial charge in [-0.2, -0.15) is 0 Å². The molecule has 0 unspecified atom stereocenters. The number of aryl methyl sites for hydroxylation is 1. The Balaban J connectivity index is 2.90. The molecule has 1 aromatic carbocycles. The average molecular weight is 247 g/mol. The van der Waals surface area contributed by atoms with E-state index in [9.17, 15) is 9.59 Å². The molecule has 5 nitrogen and oxygen atoms in total. The predicted octanol–water partition coefficient (Wildman–Crippen LogP) is 1.40. The number of pyridine rings is 1. The molecule has 0 bridgehead atoms. The molecule has 0 amide bonds. The molecule has 2 aromatic rings. The third-order valence-corrected chi connectivity index (χ3v) is 2.81. The number of hydrogen-bond acceptors (Lipinski definition) is 3. The lowest BCUT2D eigenvalue weighted by atomic mass is 10.1. The van der Waals surface area contributed by atoms with Crippen molar-refractivity contribution in [2.75, 3.05) is 7.11 Å². The number of carbonyl (C=O) groups is 1. The Labute approximate surface area is 103 Å². The molecular formula is C13H13NO4. The number of rotatable bonds is 3. The van der Waals surface area contributed by atoms with Crippen molar-refractivity contribution in [2.45, 2.75) is 13.5 Å². The number of para-hydroxylation sites is 1. The number of aliphatic carboxylic acids is 1. The van der Waals surface area contributed by atoms with Crippen LogP contribution in [0.4, 0.5) is 0 Å². The first-order valence-electron chi connectivity index (χ1n) is 5.43. The molecule has 2 rings (SSSR count). The Morgan fingerprint density at radius 3 is 2.78 bits per heavy atom. The van der Waals surface area contributed by atoms with Crippen molar-refractivity contribution in [3.63, 3.8) is 0 Å². The lowest BCUT2D eigenvalue weighted by molar-refractivity contribution is -0.137. The maximum Gasteiger partial charge on any atom is 0.323 e. The lowest BCUT2D eigenvalue weighted by Gasteiger charge is -2.13. The van der Waals surface area contributed by atoms with Crippen LogP contribution in [-0.4, -0.2) is 22.8 Å². The third-order valence-electron chi connectivity index (χ3n) is 2.81. The Morgan fingerprint density at radius 1 is 1.44 bits per heavy atom. The molecule has 1 N–H and O–H groups in total. The van der Waals surface area contributed by atoms with Crippen LogP contribution in [0.15, 0.2) is 29.1 Å². The van der Waals surface area contributed by atoms with Crippen molar-refractivity contribution in [3.8, 4) is 5.75 Å². The molecule has 5 heteroatoms. The molecule has 1 aromatic heterocycles. The van der Waals surface area contributed by atoms with Crippen molar-refractivity contribution in [3.05, 3.63) is 40.2 Å². The van der Waals surface area contributed by atoms with Gasteiger partial charge in [-0.25, -0.2) is 0 Å². The van der Waals surface area contributed by atoms with E-state index >= 15 is 0 Å². The van der Waals surface area contributed by atoms with Crippen LogP contribution in [0, 0.1) is 6.92 Å². The van der Waals surface area contributed by atoms with Crippen LogP contribution < -0.4 is 10.3 Å². The van der Waals surface area contributed by atoms with Crippen LogP contribution in [0.25, 0.3) is 10.9 Å². The van der Waals surface area contributed by atoms with Crippen molar-refractivity contribution in [1.29, 1.82) is 0 Å². The van der Waals surface area contributed by atoms with E-state index in [4.69, 9.17) is 9.84 Å². The summed E-state index contributed by atoms with van der Waals surface area (Å²) in [6.45, 7) is 1.43. The van der Waals surface area contributed by atoms with Gasteiger partial charge in [-0.05, 0) is 18.6 Å². The predicted molar refractivity (Wildman–Crippen MR) is 67.1 cm³/mol. The fourth-order valence-electron chi connectivity index (χ4n) is 2.03. The molecule has 0 aliphatic rings. The summed E-state index contributed by atoms with van der Waals surface area (Å²) >= 11 is 0. The largest absolute Gasteiger partial charge is 0.495 e. The minimum atomic E-state index is -1.06. The minimum absolute atomic E-state index is 0.341. The second kappa shape index (κ2) is 4.52. The third kappa shape index (κ3) is 1.95. The van der Waals surface area contributed by atoms with Crippen LogP contribution in [0.3, 0.4) is 0 Å². The summed E-state index contributed by atoms with van der Waals surface area (Å²) in [7, 11) is 1.49. The van der Waals surface area contributed by atoms with Crippen molar-refractivity contribution in [1.82, 2.24) is 4.57 Å². The van der Waals surface area contributed by atoms with Crippen LogP contribution in [0.5, 0.6) is 5.75 Å². The summed E-state index contributed by atoms with van der Waals surface area (Å²) in [5, 5.41) is 9.70. The molecule has 1 heterocycles. The highest BCUT2D eigenvalue weighted by Crippen LogP contribution is 2.26. The summed E-state index contributed by atoms with van der Waals surface area (Å²) in [4.78, 5) is 22.8. The molecule has 0 radical (unpaired) electrons. The Kier molecular flexibility index (Phi) is 3.06. The first-order chi connectivity index (χ1) is 8.54. The monoisotopic (exact) mass is 247 g/mol. The van der Waals surface area contributed by atoms with E-state index in [-0.39, 0.29) is 12.1 Å². The summed E-state index contributed by atoms with van der Waals surface area (Å²) < 4.78 is 6.42. The quantitative estimate of drug-likeness (QED) is 0.890. The van der Waals surface area contributed by atoms with Gasteiger partial charge in [0.2, 0.25) is 0 Å². The van der Waals surface area contributed by atoms with Crippen LogP contribution in [0.2, 0.25) is 0 Å². The standard InChI is InChI=1S/C13H13NO4/c1-8-6-11(15)14(7-12(16)17)13-9(8)4-3-5-10(13)18-2/h3-6H,7H2,1-2H3,(H,16,17). The number of ether oxygens (including phenoxy) is 1. The first kappa shape index (κ1) is 12.2. The zero-order chi connectivity index (χ0) is 13.3. The lowest BCUT2D eigenvalue weighted by Crippen LogP contribution is -2.24. The van der Waals surface area contributed by atoms with E-state index in [1.807, 2.05) is 19.1 Å². The van der Waals surface area contributed by atoms with Gasteiger partial charge in [0.25, 0.3) is 5.56 Å². The van der Waals surface area contributed by atoms with Gasteiger partial charge >= 0.3 is 5.97 Å². The molecule has 0 fully saturated rings. The van der Waals surface area contributed by atoms with E-state index in [0.717, 1.165) is 10.9 Å². The molecular weight excluding hydrogens is 234 g/mol. The van der Waals surface area contributed by atoms with Gasteiger partial charge in [-0.3, -0.25) is 14.2 Å². The van der Waals surface area contributed by atoms with Gasteiger partial charge < -0.3 is 9.84 Å². The molecule has 0 aliphatic heterocycles. The normalized spacial score (nSPS) is 10.6. The number of nitrogens with zero attached hydrogens (tertiary/aromatic N) is 1. The molecule has 94 valence electrons. The SMILES string of the molecule is COc1cccc2c(C)cc(=O)n(CC(=O)O)c12. The first-order valence-corrected chi connectivity index (χ1v) is 5.43. The molecule has 0 atom stereocenters. The molecule has 18 heavy (non-hydrogen) atoms. The minimum Gasteiger partial charge on any atom is -0.495 e. The molecule has 0 saturated carbocycles. The number of aromatic nitrogens is 1. The van der Waals surface area contributed by atoms with Crippen molar-refractivity contribution in [2.24, 2.45) is 0 Å². The van der Waals surface area contributed by atoms with Gasteiger partial charge in [0.15, 0.2) is 0 Å². The fourth-order valence-corrected chi connectivity index (χ4v) is 2.03. The second-order valence-electron chi connectivity index (χ2n) is 4.00. The highest BCUT2D eigenvalue weighted by molar-refractivity contribution is 5.88. The van der Waals surface area contributed by atoms with Gasteiger partial charge in [-0.15, -0.1) is 0 Å². The van der Waals surface area contributed by atoms with Gasteiger partial charge in [0, 0.05) is 11.5 Å². The number of methoxy groups -OCH3 is 1. The van der Waals surface area contributed by atoms with E-state index < -0.39 is 5.97 Å².